The molecule has 0 saturated carbocycles. The quantitative estimate of drug-likeness (QED) is 0.880. The fourth-order valence-electron chi connectivity index (χ4n) is 1.50. The number of alkyl halides is 3. The normalized spacial score (nSPS) is 11.7. The summed E-state index contributed by atoms with van der Waals surface area (Å²) < 4.78 is 41.3. The van der Waals surface area contributed by atoms with E-state index in [0.29, 0.717) is 11.3 Å². The zero-order chi connectivity index (χ0) is 12.5. The minimum atomic E-state index is -4.22. The van der Waals surface area contributed by atoms with Gasteiger partial charge in [0.15, 0.2) is 0 Å². The van der Waals surface area contributed by atoms with Crippen LogP contribution in [0.15, 0.2) is 34.9 Å². The Morgan fingerprint density at radius 2 is 2.00 bits per heavy atom. The number of nitrogen functional groups attached to an aromatic ring is 1. The Bertz CT molecular complexity index is 519. The van der Waals surface area contributed by atoms with Crippen molar-refractivity contribution in [2.45, 2.75) is 12.6 Å². The van der Waals surface area contributed by atoms with Gasteiger partial charge in [0, 0.05) is 11.6 Å². The molecular formula is C11H9F3N2O. The molecule has 0 fully saturated rings. The molecule has 0 amide bonds. The summed E-state index contributed by atoms with van der Waals surface area (Å²) in [4.78, 5) is 0. The van der Waals surface area contributed by atoms with Gasteiger partial charge in [-0.05, 0) is 11.6 Å². The van der Waals surface area contributed by atoms with E-state index in [1.54, 1.807) is 12.1 Å². The van der Waals surface area contributed by atoms with E-state index in [4.69, 9.17) is 5.73 Å². The van der Waals surface area contributed by atoms with Crippen LogP contribution in [0.3, 0.4) is 0 Å². The molecule has 0 unspecified atom stereocenters. The molecule has 0 saturated heterocycles. The molecule has 2 N–H and O–H groups in total. The van der Waals surface area contributed by atoms with Crippen LogP contribution in [0.25, 0.3) is 11.3 Å². The van der Waals surface area contributed by atoms with E-state index in [0.717, 1.165) is 0 Å². The molecule has 2 aromatic rings. The van der Waals surface area contributed by atoms with Crippen molar-refractivity contribution in [1.29, 1.82) is 0 Å². The van der Waals surface area contributed by atoms with Crippen LogP contribution in [0.4, 0.5) is 19.1 Å². The van der Waals surface area contributed by atoms with E-state index in [2.05, 4.69) is 9.68 Å². The third-order valence-electron chi connectivity index (χ3n) is 2.16. The highest BCUT2D eigenvalue weighted by Crippen LogP contribution is 2.25. The van der Waals surface area contributed by atoms with Crippen LogP contribution in [0.1, 0.15) is 5.56 Å². The Hall–Kier alpha value is -1.98. The van der Waals surface area contributed by atoms with E-state index in [1.165, 1.54) is 18.2 Å². The molecule has 2 rings (SSSR count). The van der Waals surface area contributed by atoms with Gasteiger partial charge >= 0.3 is 6.18 Å². The monoisotopic (exact) mass is 242 g/mol. The number of hydrogen-bond donors (Lipinski definition) is 1. The van der Waals surface area contributed by atoms with Gasteiger partial charge in [-0.3, -0.25) is 0 Å². The molecule has 1 heterocycles. The standard InChI is InChI=1S/C11H9F3N2O/c12-11(13,14)6-7-2-1-3-8(4-7)9-5-10(15)17-16-9/h1-5H,6,15H2. The van der Waals surface area contributed by atoms with Gasteiger partial charge in [-0.25, -0.2) is 0 Å². The average Bonchev–Trinajstić information content (AvgIpc) is 2.63. The molecule has 17 heavy (non-hydrogen) atoms. The van der Waals surface area contributed by atoms with Crippen molar-refractivity contribution >= 4 is 5.88 Å². The van der Waals surface area contributed by atoms with Crippen LogP contribution in [0, 0.1) is 0 Å². The predicted octanol–water partition coefficient (Wildman–Crippen LogP) is 3.03. The fraction of sp³-hybridized carbons (Fsp3) is 0.182. The third-order valence-corrected chi connectivity index (χ3v) is 2.16. The molecule has 0 bridgehead atoms. The first-order valence-corrected chi connectivity index (χ1v) is 4.82. The van der Waals surface area contributed by atoms with E-state index in [1.807, 2.05) is 0 Å². The van der Waals surface area contributed by atoms with E-state index < -0.39 is 12.6 Å². The molecule has 0 aliphatic heterocycles. The lowest BCUT2D eigenvalue weighted by molar-refractivity contribution is -0.127. The minimum absolute atomic E-state index is 0.126. The summed E-state index contributed by atoms with van der Waals surface area (Å²) in [5.74, 6) is 0.126. The Morgan fingerprint density at radius 1 is 1.24 bits per heavy atom. The van der Waals surface area contributed by atoms with Gasteiger partial charge in [0.2, 0.25) is 5.88 Å². The summed E-state index contributed by atoms with van der Waals surface area (Å²) in [6.45, 7) is 0. The highest BCUT2D eigenvalue weighted by Gasteiger charge is 2.27. The van der Waals surface area contributed by atoms with Crippen LogP contribution >= 0.6 is 0 Å². The molecule has 0 aliphatic rings. The molecule has 0 spiro atoms. The first-order valence-electron chi connectivity index (χ1n) is 4.82. The van der Waals surface area contributed by atoms with Crippen LogP contribution in [-0.4, -0.2) is 11.3 Å². The largest absolute Gasteiger partial charge is 0.393 e. The van der Waals surface area contributed by atoms with Crippen molar-refractivity contribution < 1.29 is 17.7 Å². The van der Waals surface area contributed by atoms with Crippen molar-refractivity contribution in [3.8, 4) is 11.3 Å². The number of halogens is 3. The lowest BCUT2D eigenvalue weighted by Gasteiger charge is -2.06. The Kier molecular flexibility index (Phi) is 2.79. The first-order chi connectivity index (χ1) is 7.94. The van der Waals surface area contributed by atoms with Gasteiger partial charge in [0.05, 0.1) is 6.42 Å². The van der Waals surface area contributed by atoms with Crippen molar-refractivity contribution in [1.82, 2.24) is 5.16 Å². The molecule has 1 aromatic carbocycles. The zero-order valence-electron chi connectivity index (χ0n) is 8.66. The second-order valence-corrected chi connectivity index (χ2v) is 3.61. The van der Waals surface area contributed by atoms with Crippen molar-refractivity contribution in [2.75, 3.05) is 5.73 Å². The van der Waals surface area contributed by atoms with Gasteiger partial charge in [0.1, 0.15) is 5.69 Å². The number of nitrogens with two attached hydrogens (primary N) is 1. The highest BCUT2D eigenvalue weighted by atomic mass is 19.4. The number of hydrogen-bond acceptors (Lipinski definition) is 3. The number of rotatable bonds is 2. The highest BCUT2D eigenvalue weighted by molar-refractivity contribution is 5.61. The van der Waals surface area contributed by atoms with Gasteiger partial charge in [-0.2, -0.15) is 13.2 Å². The second kappa shape index (κ2) is 4.12. The Balaban J connectivity index is 2.29. The van der Waals surface area contributed by atoms with Gasteiger partial charge < -0.3 is 10.3 Å². The molecule has 3 nitrogen and oxygen atoms in total. The molecule has 0 aliphatic carbocycles. The average molecular weight is 242 g/mol. The predicted molar refractivity (Wildman–Crippen MR) is 56.1 cm³/mol. The number of benzene rings is 1. The fourth-order valence-corrected chi connectivity index (χ4v) is 1.50. The third kappa shape index (κ3) is 2.99. The maximum Gasteiger partial charge on any atom is 0.393 e. The molecule has 90 valence electrons. The van der Waals surface area contributed by atoms with E-state index in [9.17, 15) is 13.2 Å². The Morgan fingerprint density at radius 3 is 2.59 bits per heavy atom. The summed E-state index contributed by atoms with van der Waals surface area (Å²) in [6, 6.07) is 7.50. The lowest BCUT2D eigenvalue weighted by atomic mass is 10.1. The summed E-state index contributed by atoms with van der Waals surface area (Å²) >= 11 is 0. The lowest BCUT2D eigenvalue weighted by Crippen LogP contribution is -2.11. The zero-order valence-corrected chi connectivity index (χ0v) is 8.66. The summed E-state index contributed by atoms with van der Waals surface area (Å²) in [7, 11) is 0. The molecule has 6 heteroatoms. The van der Waals surface area contributed by atoms with Crippen LogP contribution in [-0.2, 0) is 6.42 Å². The number of aromatic nitrogens is 1. The van der Waals surface area contributed by atoms with Crippen LogP contribution in [0.5, 0.6) is 0 Å². The van der Waals surface area contributed by atoms with Crippen molar-refractivity contribution in [3.63, 3.8) is 0 Å². The second-order valence-electron chi connectivity index (χ2n) is 3.61. The van der Waals surface area contributed by atoms with Gasteiger partial charge in [-0.15, -0.1) is 0 Å². The van der Waals surface area contributed by atoms with Gasteiger partial charge in [-0.1, -0.05) is 23.4 Å². The van der Waals surface area contributed by atoms with E-state index in [-0.39, 0.29) is 11.4 Å². The van der Waals surface area contributed by atoms with E-state index >= 15 is 0 Å². The van der Waals surface area contributed by atoms with Crippen molar-refractivity contribution in [2.24, 2.45) is 0 Å². The Labute approximate surface area is 95.0 Å². The topological polar surface area (TPSA) is 52.0 Å². The van der Waals surface area contributed by atoms with Gasteiger partial charge in [0.25, 0.3) is 0 Å². The SMILES string of the molecule is Nc1cc(-c2cccc(CC(F)(F)F)c2)no1. The molecule has 0 atom stereocenters. The smallest absolute Gasteiger partial charge is 0.368 e. The molecule has 1 aromatic heterocycles. The van der Waals surface area contributed by atoms with Crippen LogP contribution < -0.4 is 5.73 Å². The number of nitrogens with zero attached hydrogens (tertiary/aromatic N) is 1. The maximum absolute atomic E-state index is 12.2. The number of anilines is 1. The summed E-state index contributed by atoms with van der Waals surface area (Å²) in [5.41, 5.74) is 6.50. The van der Waals surface area contributed by atoms with Crippen LogP contribution in [0.2, 0.25) is 0 Å². The van der Waals surface area contributed by atoms with Crippen molar-refractivity contribution in [3.05, 3.63) is 35.9 Å². The summed E-state index contributed by atoms with van der Waals surface area (Å²) in [6.07, 6.45) is -5.18. The molecule has 0 radical (unpaired) electrons. The maximum atomic E-state index is 12.2. The molecular weight excluding hydrogens is 233 g/mol. The first kappa shape index (κ1) is 11.5. The summed E-state index contributed by atoms with van der Waals surface area (Å²) in [5, 5.41) is 3.64. The minimum Gasteiger partial charge on any atom is -0.368 e.